The van der Waals surface area contributed by atoms with E-state index in [0.29, 0.717) is 23.7 Å². The van der Waals surface area contributed by atoms with Crippen molar-refractivity contribution in [1.82, 2.24) is 0 Å². The molecule has 1 aromatic carbocycles. The molecule has 3 aliphatic rings. The molecule has 6 heteroatoms. The Bertz CT molecular complexity index is 837. The fourth-order valence-electron chi connectivity index (χ4n) is 6.30. The molecule has 4 unspecified atom stereocenters. The molecule has 27 heavy (non-hydrogen) atoms. The van der Waals surface area contributed by atoms with Crippen LogP contribution in [0.1, 0.15) is 69.9 Å². The van der Waals surface area contributed by atoms with Gasteiger partial charge >= 0.3 is 10.3 Å². The molecule has 0 spiro atoms. The lowest BCUT2D eigenvalue weighted by atomic mass is 9.54. The fraction of sp³-hybridized carbons (Fsp3) is 0.714. The highest BCUT2D eigenvalue weighted by atomic mass is 32.2. The van der Waals surface area contributed by atoms with Crippen molar-refractivity contribution in [3.05, 3.63) is 23.3 Å². The van der Waals surface area contributed by atoms with Crippen LogP contribution in [0.3, 0.4) is 0 Å². The van der Waals surface area contributed by atoms with Gasteiger partial charge in [0.15, 0.2) is 11.5 Å². The van der Waals surface area contributed by atoms with Crippen molar-refractivity contribution in [3.63, 3.8) is 0 Å². The Morgan fingerprint density at radius 1 is 1.19 bits per heavy atom. The number of fused-ring (bicyclic) bond motifs is 5. The van der Waals surface area contributed by atoms with E-state index in [1.54, 1.807) is 0 Å². The van der Waals surface area contributed by atoms with E-state index in [2.05, 4.69) is 13.8 Å². The minimum atomic E-state index is -4.07. The molecule has 4 rings (SSSR count). The highest BCUT2D eigenvalue weighted by Crippen LogP contribution is 2.63. The lowest BCUT2D eigenvalue weighted by Gasteiger charge is -2.50. The third kappa shape index (κ3) is 3.25. The Morgan fingerprint density at radius 3 is 2.67 bits per heavy atom. The van der Waals surface area contributed by atoms with E-state index < -0.39 is 10.3 Å². The Hall–Kier alpha value is -1.27. The maximum Gasteiger partial charge on any atom is 0.380 e. The van der Waals surface area contributed by atoms with Crippen LogP contribution in [0, 0.1) is 23.2 Å². The SMILES string of the molecule is CCOc1cc2c(cc1OS(N)(=O)=O)CCC1C2CC[C@]2(C)C(C)CCC12. The van der Waals surface area contributed by atoms with Crippen molar-refractivity contribution < 1.29 is 17.3 Å². The maximum absolute atomic E-state index is 11.4. The van der Waals surface area contributed by atoms with E-state index >= 15 is 0 Å². The molecular weight excluding hydrogens is 362 g/mol. The molecule has 2 fully saturated rings. The summed E-state index contributed by atoms with van der Waals surface area (Å²) in [6.07, 6.45) is 7.31. The number of ether oxygens (including phenoxy) is 1. The van der Waals surface area contributed by atoms with E-state index in [-0.39, 0.29) is 5.75 Å². The van der Waals surface area contributed by atoms with Crippen LogP contribution in [-0.4, -0.2) is 15.0 Å². The zero-order valence-corrected chi connectivity index (χ0v) is 17.3. The fourth-order valence-corrected chi connectivity index (χ4v) is 6.68. The van der Waals surface area contributed by atoms with Crippen molar-refractivity contribution >= 4 is 10.3 Å². The average molecular weight is 394 g/mol. The summed E-state index contributed by atoms with van der Waals surface area (Å²) in [5.41, 5.74) is 3.00. The Kier molecular flexibility index (Phi) is 4.70. The first-order chi connectivity index (χ1) is 12.7. The number of rotatable bonds is 4. The summed E-state index contributed by atoms with van der Waals surface area (Å²) in [6.45, 7) is 7.28. The standard InChI is InChI=1S/C21H31NO4S/c1-4-25-19-12-17-14(11-20(19)26-27(22,23)24)6-7-16-15(17)9-10-21(3)13(2)5-8-18(16)21/h11-13,15-16,18H,4-10H2,1-3H3,(H2,22,23,24)/t13?,15?,16?,18?,21-/m1/s1. The van der Waals surface area contributed by atoms with E-state index in [1.807, 2.05) is 19.1 Å². The monoisotopic (exact) mass is 393 g/mol. The molecule has 5 nitrogen and oxygen atoms in total. The van der Waals surface area contributed by atoms with Gasteiger partial charge in [-0.05, 0) is 97.8 Å². The number of nitrogens with two attached hydrogens (primary N) is 1. The highest BCUT2D eigenvalue weighted by Gasteiger charge is 2.53. The molecule has 0 radical (unpaired) electrons. The summed E-state index contributed by atoms with van der Waals surface area (Å²) in [5, 5.41) is 5.10. The first-order valence-electron chi connectivity index (χ1n) is 10.2. The molecule has 150 valence electrons. The average Bonchev–Trinajstić information content (AvgIpc) is 2.89. The van der Waals surface area contributed by atoms with Gasteiger partial charge in [0.2, 0.25) is 0 Å². The highest BCUT2D eigenvalue weighted by molar-refractivity contribution is 7.84. The summed E-state index contributed by atoms with van der Waals surface area (Å²) >= 11 is 0. The van der Waals surface area contributed by atoms with Gasteiger partial charge in [-0.15, -0.1) is 0 Å². The molecule has 0 bridgehead atoms. The lowest BCUT2D eigenvalue weighted by Crippen LogP contribution is -2.41. The second-order valence-corrected chi connectivity index (χ2v) is 10.1. The van der Waals surface area contributed by atoms with Gasteiger partial charge in [-0.1, -0.05) is 13.8 Å². The van der Waals surface area contributed by atoms with E-state index in [9.17, 15) is 8.42 Å². The molecule has 2 N–H and O–H groups in total. The predicted molar refractivity (Wildman–Crippen MR) is 105 cm³/mol. The Balaban J connectivity index is 1.71. The second kappa shape index (κ2) is 6.66. The van der Waals surface area contributed by atoms with Crippen molar-refractivity contribution in [2.24, 2.45) is 28.3 Å². The first kappa shape index (κ1) is 19.1. The molecular formula is C21H31NO4S. The lowest BCUT2D eigenvalue weighted by molar-refractivity contribution is 0.0336. The summed E-state index contributed by atoms with van der Waals surface area (Å²) < 4.78 is 33.6. The number of hydrogen-bond donors (Lipinski definition) is 1. The molecule has 2 saturated carbocycles. The van der Waals surface area contributed by atoms with Crippen LogP contribution in [0.2, 0.25) is 0 Å². The molecule has 0 aromatic heterocycles. The third-order valence-corrected chi connectivity index (χ3v) is 8.18. The van der Waals surface area contributed by atoms with Crippen molar-refractivity contribution in [2.75, 3.05) is 6.61 Å². The van der Waals surface area contributed by atoms with Gasteiger partial charge in [0.1, 0.15) is 0 Å². The van der Waals surface area contributed by atoms with Crippen LogP contribution in [0.15, 0.2) is 12.1 Å². The van der Waals surface area contributed by atoms with Gasteiger partial charge in [-0.3, -0.25) is 0 Å². The van der Waals surface area contributed by atoms with Gasteiger partial charge in [-0.25, -0.2) is 0 Å². The zero-order chi connectivity index (χ0) is 19.4. The predicted octanol–water partition coefficient (Wildman–Crippen LogP) is 4.16. The number of aryl methyl sites for hydroxylation is 1. The minimum absolute atomic E-state index is 0.215. The van der Waals surface area contributed by atoms with Crippen LogP contribution in [0.25, 0.3) is 0 Å². The molecule has 0 heterocycles. The summed E-state index contributed by atoms with van der Waals surface area (Å²) in [6, 6.07) is 3.86. The van der Waals surface area contributed by atoms with E-state index in [1.165, 1.54) is 43.2 Å². The quantitative estimate of drug-likeness (QED) is 0.833. The van der Waals surface area contributed by atoms with Gasteiger partial charge in [-0.2, -0.15) is 13.6 Å². The number of benzene rings is 1. The van der Waals surface area contributed by atoms with E-state index in [0.717, 1.165) is 24.2 Å². The van der Waals surface area contributed by atoms with Crippen LogP contribution < -0.4 is 14.1 Å². The Labute approximate surface area is 162 Å². The normalized spacial score (nSPS) is 35.1. The summed E-state index contributed by atoms with van der Waals surface area (Å²) in [7, 11) is -4.07. The van der Waals surface area contributed by atoms with Crippen molar-refractivity contribution in [1.29, 1.82) is 0 Å². The minimum Gasteiger partial charge on any atom is -0.490 e. The third-order valence-electron chi connectivity index (χ3n) is 7.77. The van der Waals surface area contributed by atoms with Gasteiger partial charge in [0.05, 0.1) is 6.61 Å². The van der Waals surface area contributed by atoms with Crippen LogP contribution >= 0.6 is 0 Å². The van der Waals surface area contributed by atoms with Gasteiger partial charge in [0.25, 0.3) is 0 Å². The summed E-state index contributed by atoms with van der Waals surface area (Å²) in [5.74, 6) is 3.58. The molecule has 1 aromatic rings. The topological polar surface area (TPSA) is 78.6 Å². The maximum atomic E-state index is 11.4. The smallest absolute Gasteiger partial charge is 0.380 e. The molecule has 0 amide bonds. The zero-order valence-electron chi connectivity index (χ0n) is 16.5. The van der Waals surface area contributed by atoms with E-state index in [4.69, 9.17) is 14.1 Å². The molecule has 0 aliphatic heterocycles. The van der Waals surface area contributed by atoms with Crippen LogP contribution in [0.4, 0.5) is 0 Å². The summed E-state index contributed by atoms with van der Waals surface area (Å²) in [4.78, 5) is 0. The molecule has 5 atom stereocenters. The Morgan fingerprint density at radius 2 is 1.96 bits per heavy atom. The molecule has 3 aliphatic carbocycles. The van der Waals surface area contributed by atoms with Crippen molar-refractivity contribution in [2.45, 2.75) is 65.2 Å². The van der Waals surface area contributed by atoms with Gasteiger partial charge < -0.3 is 8.92 Å². The first-order valence-corrected chi connectivity index (χ1v) is 11.7. The molecule has 0 saturated heterocycles. The second-order valence-electron chi connectivity index (χ2n) is 8.95. The van der Waals surface area contributed by atoms with Crippen LogP contribution in [0.5, 0.6) is 11.5 Å². The van der Waals surface area contributed by atoms with Gasteiger partial charge in [0, 0.05) is 0 Å². The largest absolute Gasteiger partial charge is 0.490 e. The van der Waals surface area contributed by atoms with Crippen molar-refractivity contribution in [3.8, 4) is 11.5 Å². The number of hydrogen-bond acceptors (Lipinski definition) is 4. The van der Waals surface area contributed by atoms with Crippen LogP contribution in [-0.2, 0) is 16.7 Å².